The van der Waals surface area contributed by atoms with Crippen molar-refractivity contribution in [3.05, 3.63) is 54.1 Å². The van der Waals surface area contributed by atoms with Crippen LogP contribution >= 0.6 is 0 Å². The van der Waals surface area contributed by atoms with E-state index >= 15 is 0 Å². The first-order valence-corrected chi connectivity index (χ1v) is 11.7. The monoisotopic (exact) mass is 364 g/mol. The minimum absolute atomic E-state index is 0.755. The van der Waals surface area contributed by atoms with Crippen molar-refractivity contribution in [3.63, 3.8) is 0 Å². The maximum absolute atomic E-state index is 3.97. The van der Waals surface area contributed by atoms with Gasteiger partial charge in [0, 0.05) is 0 Å². The molecule has 0 aromatic heterocycles. The van der Waals surface area contributed by atoms with Gasteiger partial charge >= 0.3 is 0 Å². The van der Waals surface area contributed by atoms with E-state index in [1.54, 1.807) is 5.56 Å². The molecule has 148 valence electrons. The Kier molecular flexibility index (Phi) is 8.24. The van der Waals surface area contributed by atoms with Crippen LogP contribution in [0.4, 0.5) is 0 Å². The van der Waals surface area contributed by atoms with Crippen LogP contribution in [0.5, 0.6) is 0 Å². The van der Waals surface area contributed by atoms with Crippen molar-refractivity contribution >= 4 is 6.08 Å². The van der Waals surface area contributed by atoms with Crippen molar-refractivity contribution in [1.82, 2.24) is 0 Å². The summed E-state index contributed by atoms with van der Waals surface area (Å²) >= 11 is 0. The number of benzene rings is 1. The van der Waals surface area contributed by atoms with E-state index < -0.39 is 0 Å². The predicted octanol–water partition coefficient (Wildman–Crippen LogP) is 8.55. The second kappa shape index (κ2) is 10.9. The molecule has 0 aliphatic heterocycles. The molecule has 2 aliphatic rings. The van der Waals surface area contributed by atoms with Crippen LogP contribution in [0.1, 0.15) is 101 Å². The lowest BCUT2D eigenvalue weighted by atomic mass is 9.78. The third-order valence-corrected chi connectivity index (χ3v) is 7.18. The molecule has 0 bridgehead atoms. The van der Waals surface area contributed by atoms with Gasteiger partial charge in [0.1, 0.15) is 0 Å². The van der Waals surface area contributed by atoms with Gasteiger partial charge in [-0.3, -0.25) is 0 Å². The maximum Gasteiger partial charge on any atom is -0.0162 e. The van der Waals surface area contributed by atoms with E-state index in [1.165, 1.54) is 82.6 Å². The van der Waals surface area contributed by atoms with Crippen molar-refractivity contribution in [1.29, 1.82) is 0 Å². The molecular weight excluding hydrogens is 324 g/mol. The van der Waals surface area contributed by atoms with Crippen molar-refractivity contribution in [2.45, 2.75) is 89.9 Å². The highest BCUT2D eigenvalue weighted by Gasteiger charge is 2.21. The molecule has 27 heavy (non-hydrogen) atoms. The molecule has 0 unspecified atom stereocenters. The molecule has 0 atom stereocenters. The standard InChI is InChI=1S/C27H40/c1-3-5-6-7-23-8-10-24(11-9-23)12-13-25-16-20-27(21-17-25)26-18-14-22(4-2)15-19-26/h4,12-13,16-17,20-24,26H,2-3,5-11,14-15,18-19H2,1H3/b13-12+. The Hall–Kier alpha value is -1.30. The first kappa shape index (κ1) is 20.4. The fourth-order valence-electron chi connectivity index (χ4n) is 5.17. The third kappa shape index (κ3) is 6.37. The third-order valence-electron chi connectivity index (χ3n) is 7.18. The highest BCUT2D eigenvalue weighted by molar-refractivity contribution is 5.50. The molecule has 0 saturated heterocycles. The topological polar surface area (TPSA) is 0 Å². The van der Waals surface area contributed by atoms with Crippen LogP contribution < -0.4 is 0 Å². The Balaban J connectivity index is 1.43. The summed E-state index contributed by atoms with van der Waals surface area (Å²) in [6.45, 7) is 6.27. The molecule has 2 fully saturated rings. The van der Waals surface area contributed by atoms with E-state index in [-0.39, 0.29) is 0 Å². The first-order valence-electron chi connectivity index (χ1n) is 11.7. The number of hydrogen-bond acceptors (Lipinski definition) is 0. The zero-order chi connectivity index (χ0) is 18.9. The van der Waals surface area contributed by atoms with Crippen LogP contribution in [0.25, 0.3) is 6.08 Å². The van der Waals surface area contributed by atoms with Gasteiger partial charge in [0.05, 0.1) is 0 Å². The molecule has 0 N–H and O–H groups in total. The minimum Gasteiger partial charge on any atom is -0.103 e. The largest absolute Gasteiger partial charge is 0.103 e. The molecule has 3 rings (SSSR count). The zero-order valence-electron chi connectivity index (χ0n) is 17.5. The van der Waals surface area contributed by atoms with Crippen LogP contribution in [0.2, 0.25) is 0 Å². The van der Waals surface area contributed by atoms with Crippen molar-refractivity contribution in [2.24, 2.45) is 17.8 Å². The maximum atomic E-state index is 3.97. The Morgan fingerprint density at radius 1 is 0.852 bits per heavy atom. The molecule has 1 aromatic carbocycles. The SMILES string of the molecule is C=CC1CCC(c2ccc(/C=C/C3CCC(CCCCC)CC3)cc2)CC1. The van der Waals surface area contributed by atoms with Gasteiger partial charge < -0.3 is 0 Å². The second-order valence-corrected chi connectivity index (χ2v) is 9.15. The van der Waals surface area contributed by atoms with Gasteiger partial charge in [-0.25, -0.2) is 0 Å². The number of hydrogen-bond donors (Lipinski definition) is 0. The smallest absolute Gasteiger partial charge is 0.0162 e. The highest BCUT2D eigenvalue weighted by atomic mass is 14.3. The number of unbranched alkanes of at least 4 members (excludes halogenated alkanes) is 2. The number of rotatable bonds is 8. The normalized spacial score (nSPS) is 29.1. The lowest BCUT2D eigenvalue weighted by molar-refractivity contribution is 0.290. The molecule has 2 aliphatic carbocycles. The van der Waals surface area contributed by atoms with E-state index in [2.05, 4.69) is 56.0 Å². The quantitative estimate of drug-likeness (QED) is 0.320. The summed E-state index contributed by atoms with van der Waals surface area (Å²) in [5.74, 6) is 3.34. The summed E-state index contributed by atoms with van der Waals surface area (Å²) in [6, 6.07) is 9.43. The molecular formula is C27H40. The van der Waals surface area contributed by atoms with E-state index in [4.69, 9.17) is 0 Å². The Morgan fingerprint density at radius 3 is 2.15 bits per heavy atom. The van der Waals surface area contributed by atoms with Gasteiger partial charge in [-0.15, -0.1) is 6.58 Å². The summed E-state index contributed by atoms with van der Waals surface area (Å²) in [4.78, 5) is 0. The molecule has 1 aromatic rings. The Morgan fingerprint density at radius 2 is 1.52 bits per heavy atom. The predicted molar refractivity (Wildman–Crippen MR) is 120 cm³/mol. The van der Waals surface area contributed by atoms with E-state index in [9.17, 15) is 0 Å². The highest BCUT2D eigenvalue weighted by Crippen LogP contribution is 2.36. The van der Waals surface area contributed by atoms with Crippen molar-refractivity contribution in [3.8, 4) is 0 Å². The molecule has 0 nitrogen and oxygen atoms in total. The van der Waals surface area contributed by atoms with E-state index in [0.29, 0.717) is 0 Å². The van der Waals surface area contributed by atoms with Crippen LogP contribution in [-0.2, 0) is 0 Å². The average Bonchev–Trinajstić information content (AvgIpc) is 2.74. The summed E-state index contributed by atoms with van der Waals surface area (Å²) in [5.41, 5.74) is 2.92. The van der Waals surface area contributed by atoms with Gasteiger partial charge in [-0.05, 0) is 86.2 Å². The molecule has 0 heterocycles. The van der Waals surface area contributed by atoms with Crippen LogP contribution in [0.15, 0.2) is 43.0 Å². The van der Waals surface area contributed by atoms with E-state index in [0.717, 1.165) is 23.7 Å². The van der Waals surface area contributed by atoms with Crippen molar-refractivity contribution < 1.29 is 0 Å². The van der Waals surface area contributed by atoms with Crippen LogP contribution in [0.3, 0.4) is 0 Å². The van der Waals surface area contributed by atoms with Crippen LogP contribution in [0, 0.1) is 17.8 Å². The van der Waals surface area contributed by atoms with Gasteiger partial charge in [-0.2, -0.15) is 0 Å². The van der Waals surface area contributed by atoms with E-state index in [1.807, 2.05) is 0 Å². The van der Waals surface area contributed by atoms with Gasteiger partial charge in [-0.1, -0.05) is 75.1 Å². The fraction of sp³-hybridized carbons (Fsp3) is 0.630. The summed E-state index contributed by atoms with van der Waals surface area (Å²) < 4.78 is 0. The molecule has 2 saturated carbocycles. The zero-order valence-corrected chi connectivity index (χ0v) is 17.5. The summed E-state index contributed by atoms with van der Waals surface area (Å²) in [5, 5.41) is 0. The minimum atomic E-state index is 0.755. The Labute approximate surface area is 168 Å². The number of allylic oxidation sites excluding steroid dienone is 2. The van der Waals surface area contributed by atoms with Crippen molar-refractivity contribution in [2.75, 3.05) is 0 Å². The summed E-state index contributed by atoms with van der Waals surface area (Å²) in [7, 11) is 0. The van der Waals surface area contributed by atoms with Gasteiger partial charge in [0.2, 0.25) is 0 Å². The lowest BCUT2D eigenvalue weighted by Gasteiger charge is -2.27. The van der Waals surface area contributed by atoms with Crippen LogP contribution in [-0.4, -0.2) is 0 Å². The fourth-order valence-corrected chi connectivity index (χ4v) is 5.17. The summed E-state index contributed by atoms with van der Waals surface area (Å²) in [6.07, 6.45) is 23.7. The van der Waals surface area contributed by atoms with Gasteiger partial charge in [0.15, 0.2) is 0 Å². The van der Waals surface area contributed by atoms with Gasteiger partial charge in [0.25, 0.3) is 0 Å². The molecule has 0 radical (unpaired) electrons. The molecule has 0 amide bonds. The molecule has 0 heteroatoms. The average molecular weight is 365 g/mol. The Bertz CT molecular complexity index is 563. The first-order chi connectivity index (χ1) is 13.3. The molecule has 0 spiro atoms. The lowest BCUT2D eigenvalue weighted by Crippen LogP contribution is -2.13. The second-order valence-electron chi connectivity index (χ2n) is 9.15.